The van der Waals surface area contributed by atoms with Gasteiger partial charge >= 0.3 is 0 Å². The Morgan fingerprint density at radius 2 is 1.88 bits per heavy atom. The van der Waals surface area contributed by atoms with Crippen LogP contribution in [0, 0.1) is 5.92 Å². The Hall–Kier alpha value is -2.24. The van der Waals surface area contributed by atoms with Crippen molar-refractivity contribution in [1.82, 2.24) is 16.0 Å². The molecule has 1 saturated carbocycles. The van der Waals surface area contributed by atoms with Crippen LogP contribution in [-0.4, -0.2) is 45.2 Å². The number of methoxy groups -OCH3 is 1. The molecule has 3 N–H and O–H groups in total. The topological polar surface area (TPSA) is 74.8 Å². The SMILES string of the molecule is CCNC(=NCCCc1ccc(OC)cc1)NCCNC(=O)C1CC1. The Bertz CT molecular complexity index is 553. The molecule has 0 unspecified atom stereocenters. The number of amides is 1. The van der Waals surface area contributed by atoms with Gasteiger partial charge in [-0.25, -0.2) is 0 Å². The average Bonchev–Trinajstić information content (AvgIpc) is 3.47. The van der Waals surface area contributed by atoms with Crippen molar-refractivity contribution in [2.24, 2.45) is 10.9 Å². The lowest BCUT2D eigenvalue weighted by molar-refractivity contribution is -0.122. The summed E-state index contributed by atoms with van der Waals surface area (Å²) in [6.07, 6.45) is 4.06. The van der Waals surface area contributed by atoms with Gasteiger partial charge in [0.2, 0.25) is 5.91 Å². The number of nitrogens with zero attached hydrogens (tertiary/aromatic N) is 1. The van der Waals surface area contributed by atoms with Gasteiger partial charge in [-0.1, -0.05) is 12.1 Å². The molecule has 25 heavy (non-hydrogen) atoms. The Morgan fingerprint density at radius 1 is 1.16 bits per heavy atom. The first kappa shape index (κ1) is 19.1. The van der Waals surface area contributed by atoms with Crippen LogP contribution in [0.25, 0.3) is 0 Å². The van der Waals surface area contributed by atoms with Crippen LogP contribution in [0.15, 0.2) is 29.3 Å². The maximum absolute atomic E-state index is 11.6. The summed E-state index contributed by atoms with van der Waals surface area (Å²) in [6, 6.07) is 8.16. The van der Waals surface area contributed by atoms with E-state index < -0.39 is 0 Å². The summed E-state index contributed by atoms with van der Waals surface area (Å²) < 4.78 is 5.17. The van der Waals surface area contributed by atoms with Crippen molar-refractivity contribution in [2.45, 2.75) is 32.6 Å². The second kappa shape index (κ2) is 10.6. The maximum atomic E-state index is 11.6. The fraction of sp³-hybridized carbons (Fsp3) is 0.579. The van der Waals surface area contributed by atoms with E-state index in [1.165, 1.54) is 5.56 Å². The van der Waals surface area contributed by atoms with Crippen LogP contribution in [0.2, 0.25) is 0 Å². The third-order valence-corrected chi connectivity index (χ3v) is 4.06. The van der Waals surface area contributed by atoms with Crippen LogP contribution >= 0.6 is 0 Å². The van der Waals surface area contributed by atoms with Gasteiger partial charge in [-0.15, -0.1) is 0 Å². The molecular formula is C19H30N4O2. The zero-order chi connectivity index (χ0) is 17.9. The van der Waals surface area contributed by atoms with Gasteiger partial charge in [0.1, 0.15) is 5.75 Å². The molecule has 0 aromatic heterocycles. The summed E-state index contributed by atoms with van der Waals surface area (Å²) in [6.45, 7) is 4.94. The number of aryl methyl sites for hydroxylation is 1. The summed E-state index contributed by atoms with van der Waals surface area (Å²) in [4.78, 5) is 16.2. The molecule has 0 bridgehead atoms. The molecule has 1 aromatic carbocycles. The highest BCUT2D eigenvalue weighted by Gasteiger charge is 2.28. The lowest BCUT2D eigenvalue weighted by Gasteiger charge is -2.11. The van der Waals surface area contributed by atoms with Crippen LogP contribution < -0.4 is 20.7 Å². The van der Waals surface area contributed by atoms with Crippen LogP contribution in [0.3, 0.4) is 0 Å². The van der Waals surface area contributed by atoms with Crippen LogP contribution in [0.5, 0.6) is 5.75 Å². The van der Waals surface area contributed by atoms with Crippen LogP contribution in [0.1, 0.15) is 31.7 Å². The van der Waals surface area contributed by atoms with Gasteiger partial charge in [-0.3, -0.25) is 9.79 Å². The van der Waals surface area contributed by atoms with Crippen molar-refractivity contribution < 1.29 is 9.53 Å². The van der Waals surface area contributed by atoms with Crippen molar-refractivity contribution in [3.63, 3.8) is 0 Å². The number of rotatable bonds is 10. The molecule has 6 nitrogen and oxygen atoms in total. The summed E-state index contributed by atoms with van der Waals surface area (Å²) >= 11 is 0. The number of hydrogen-bond donors (Lipinski definition) is 3. The van der Waals surface area contributed by atoms with E-state index in [9.17, 15) is 4.79 Å². The fourth-order valence-electron chi connectivity index (χ4n) is 2.46. The zero-order valence-corrected chi connectivity index (χ0v) is 15.3. The molecule has 0 spiro atoms. The minimum absolute atomic E-state index is 0.184. The average molecular weight is 346 g/mol. The van der Waals surface area contributed by atoms with Crippen LogP contribution in [0.4, 0.5) is 0 Å². The summed E-state index contributed by atoms with van der Waals surface area (Å²) in [5.41, 5.74) is 1.29. The lowest BCUT2D eigenvalue weighted by atomic mass is 10.1. The molecular weight excluding hydrogens is 316 g/mol. The van der Waals surface area contributed by atoms with E-state index in [4.69, 9.17) is 4.74 Å². The zero-order valence-electron chi connectivity index (χ0n) is 15.3. The minimum Gasteiger partial charge on any atom is -0.497 e. The molecule has 1 fully saturated rings. The van der Waals surface area contributed by atoms with Gasteiger partial charge in [0.05, 0.1) is 7.11 Å². The molecule has 1 aliphatic rings. The van der Waals surface area contributed by atoms with Crippen molar-refractivity contribution >= 4 is 11.9 Å². The molecule has 0 heterocycles. The van der Waals surface area contributed by atoms with E-state index in [2.05, 4.69) is 33.1 Å². The second-order valence-corrected chi connectivity index (χ2v) is 6.20. The Balaban J connectivity index is 1.64. The summed E-state index contributed by atoms with van der Waals surface area (Å²) in [7, 11) is 1.68. The highest BCUT2D eigenvalue weighted by Crippen LogP contribution is 2.28. The Morgan fingerprint density at radius 3 is 2.52 bits per heavy atom. The first-order chi connectivity index (χ1) is 12.2. The number of carbonyl (C=O) groups is 1. The molecule has 6 heteroatoms. The smallest absolute Gasteiger partial charge is 0.223 e. The van der Waals surface area contributed by atoms with E-state index >= 15 is 0 Å². The summed E-state index contributed by atoms with van der Waals surface area (Å²) in [5, 5.41) is 9.43. The molecule has 2 rings (SSSR count). The van der Waals surface area contributed by atoms with E-state index in [-0.39, 0.29) is 11.8 Å². The minimum atomic E-state index is 0.184. The Labute approximate surface area is 150 Å². The number of aliphatic imine (C=N–C) groups is 1. The van der Waals surface area contributed by atoms with Gasteiger partial charge in [0, 0.05) is 32.1 Å². The standard InChI is InChI=1S/C19H30N4O2/c1-3-20-19(23-14-13-21-18(24)16-8-9-16)22-12-4-5-15-6-10-17(25-2)11-7-15/h6-7,10-11,16H,3-5,8-9,12-14H2,1-2H3,(H,21,24)(H2,20,22,23). The third-order valence-electron chi connectivity index (χ3n) is 4.06. The van der Waals surface area contributed by atoms with Gasteiger partial charge in [0.25, 0.3) is 0 Å². The predicted octanol–water partition coefficient (Wildman–Crippen LogP) is 1.71. The molecule has 0 saturated heterocycles. The number of benzene rings is 1. The second-order valence-electron chi connectivity index (χ2n) is 6.20. The first-order valence-electron chi connectivity index (χ1n) is 9.15. The van der Waals surface area contributed by atoms with Gasteiger partial charge in [0.15, 0.2) is 5.96 Å². The first-order valence-corrected chi connectivity index (χ1v) is 9.15. The van der Waals surface area contributed by atoms with Crippen molar-refractivity contribution in [1.29, 1.82) is 0 Å². The van der Waals surface area contributed by atoms with E-state index in [1.807, 2.05) is 19.1 Å². The number of guanidine groups is 1. The van der Waals surface area contributed by atoms with E-state index in [1.54, 1.807) is 7.11 Å². The molecule has 0 atom stereocenters. The van der Waals surface area contributed by atoms with Crippen molar-refractivity contribution in [3.05, 3.63) is 29.8 Å². The Kier molecular flexibility index (Phi) is 8.09. The molecule has 1 aromatic rings. The lowest BCUT2D eigenvalue weighted by Crippen LogP contribution is -2.41. The quantitative estimate of drug-likeness (QED) is 0.342. The number of carbonyl (C=O) groups excluding carboxylic acids is 1. The summed E-state index contributed by atoms with van der Waals surface area (Å²) in [5.74, 6) is 2.13. The fourth-order valence-corrected chi connectivity index (χ4v) is 2.46. The predicted molar refractivity (Wildman–Crippen MR) is 101 cm³/mol. The normalized spacial score (nSPS) is 14.1. The number of hydrogen-bond acceptors (Lipinski definition) is 3. The number of ether oxygens (including phenoxy) is 1. The monoisotopic (exact) mass is 346 g/mol. The van der Waals surface area contributed by atoms with Gasteiger partial charge in [-0.2, -0.15) is 0 Å². The van der Waals surface area contributed by atoms with E-state index in [0.29, 0.717) is 13.1 Å². The van der Waals surface area contributed by atoms with Crippen LogP contribution in [-0.2, 0) is 11.2 Å². The van der Waals surface area contributed by atoms with Crippen molar-refractivity contribution in [2.75, 3.05) is 33.3 Å². The highest BCUT2D eigenvalue weighted by molar-refractivity contribution is 5.81. The van der Waals surface area contributed by atoms with E-state index in [0.717, 1.165) is 50.5 Å². The third kappa shape index (κ3) is 7.45. The van der Waals surface area contributed by atoms with Gasteiger partial charge in [-0.05, 0) is 50.3 Å². The molecule has 1 aliphatic carbocycles. The largest absolute Gasteiger partial charge is 0.497 e. The molecule has 0 radical (unpaired) electrons. The van der Waals surface area contributed by atoms with Crippen molar-refractivity contribution in [3.8, 4) is 5.75 Å². The molecule has 138 valence electrons. The molecule has 0 aliphatic heterocycles. The highest BCUT2D eigenvalue weighted by atomic mass is 16.5. The maximum Gasteiger partial charge on any atom is 0.223 e. The molecule has 1 amide bonds. The van der Waals surface area contributed by atoms with Gasteiger partial charge < -0.3 is 20.7 Å². The number of nitrogens with one attached hydrogen (secondary N) is 3.